The first-order valence-electron chi connectivity index (χ1n) is 5.85. The third-order valence-electron chi connectivity index (χ3n) is 2.43. The quantitative estimate of drug-likeness (QED) is 0.850. The molecular formula is C13H15N3O2. The van der Waals surface area contributed by atoms with Gasteiger partial charge in [0, 0.05) is 12.2 Å². The Morgan fingerprint density at radius 3 is 2.94 bits per heavy atom. The van der Waals surface area contributed by atoms with Gasteiger partial charge in [0.1, 0.15) is 12.0 Å². The highest BCUT2D eigenvalue weighted by Gasteiger charge is 2.11. The molecule has 1 amide bonds. The molecule has 0 unspecified atom stereocenters. The summed E-state index contributed by atoms with van der Waals surface area (Å²) in [7, 11) is 0. The molecule has 2 rings (SSSR count). The number of hydrogen-bond acceptors (Lipinski definition) is 4. The van der Waals surface area contributed by atoms with Crippen molar-refractivity contribution in [1.82, 2.24) is 5.16 Å². The smallest absolute Gasteiger partial charge is 0.257 e. The number of para-hydroxylation sites is 1. The van der Waals surface area contributed by atoms with E-state index < -0.39 is 0 Å². The molecule has 2 aromatic rings. The number of hydrogen-bond donors (Lipinski definition) is 2. The molecule has 0 spiro atoms. The molecule has 0 aliphatic carbocycles. The fourth-order valence-electron chi connectivity index (χ4n) is 1.56. The maximum absolute atomic E-state index is 12.1. The summed E-state index contributed by atoms with van der Waals surface area (Å²) in [6, 6.07) is 7.40. The number of carbonyl (C=O) groups is 1. The van der Waals surface area contributed by atoms with Crippen LogP contribution in [0.5, 0.6) is 0 Å². The van der Waals surface area contributed by atoms with Crippen molar-refractivity contribution >= 4 is 17.3 Å². The van der Waals surface area contributed by atoms with Gasteiger partial charge in [-0.05, 0) is 18.6 Å². The molecule has 0 aliphatic rings. The number of carbonyl (C=O) groups excluding carboxylic acids is 1. The number of nitrogens with zero attached hydrogens (tertiary/aromatic N) is 1. The molecule has 0 fully saturated rings. The van der Waals surface area contributed by atoms with Crippen molar-refractivity contribution in [3.05, 3.63) is 42.3 Å². The first-order valence-corrected chi connectivity index (χ1v) is 5.85. The highest BCUT2D eigenvalue weighted by atomic mass is 16.5. The van der Waals surface area contributed by atoms with Gasteiger partial charge in [-0.15, -0.1) is 0 Å². The van der Waals surface area contributed by atoms with Gasteiger partial charge in [0.25, 0.3) is 5.91 Å². The highest BCUT2D eigenvalue weighted by molar-refractivity contribution is 6.07. The second kappa shape index (κ2) is 5.86. The predicted molar refractivity (Wildman–Crippen MR) is 69.7 cm³/mol. The zero-order valence-corrected chi connectivity index (χ0v) is 10.1. The van der Waals surface area contributed by atoms with Crippen LogP contribution in [0.15, 0.2) is 41.2 Å². The Labute approximate surface area is 105 Å². The van der Waals surface area contributed by atoms with E-state index in [0.717, 1.165) is 18.7 Å². The normalized spacial score (nSPS) is 10.1. The number of rotatable bonds is 5. The minimum atomic E-state index is -0.183. The first kappa shape index (κ1) is 12.2. The van der Waals surface area contributed by atoms with Crippen LogP contribution < -0.4 is 10.6 Å². The lowest BCUT2D eigenvalue weighted by atomic mass is 10.1. The van der Waals surface area contributed by atoms with Gasteiger partial charge in [-0.3, -0.25) is 4.79 Å². The van der Waals surface area contributed by atoms with Crippen molar-refractivity contribution in [2.24, 2.45) is 0 Å². The molecular weight excluding hydrogens is 230 g/mol. The zero-order chi connectivity index (χ0) is 12.8. The molecule has 0 aliphatic heterocycles. The summed E-state index contributed by atoms with van der Waals surface area (Å²) in [6.07, 6.45) is 3.85. The summed E-state index contributed by atoms with van der Waals surface area (Å²) >= 11 is 0. The number of benzene rings is 1. The summed E-state index contributed by atoms with van der Waals surface area (Å²) < 4.78 is 4.67. The maximum atomic E-state index is 12.1. The van der Waals surface area contributed by atoms with Gasteiger partial charge in [0.2, 0.25) is 0 Å². The van der Waals surface area contributed by atoms with E-state index in [4.69, 9.17) is 0 Å². The Morgan fingerprint density at radius 2 is 2.22 bits per heavy atom. The maximum Gasteiger partial charge on any atom is 0.257 e. The molecule has 0 atom stereocenters. The van der Waals surface area contributed by atoms with E-state index in [1.165, 1.54) is 12.5 Å². The molecule has 1 aromatic carbocycles. The average Bonchev–Trinajstić information content (AvgIpc) is 2.89. The van der Waals surface area contributed by atoms with E-state index in [1.54, 1.807) is 6.07 Å². The van der Waals surface area contributed by atoms with Gasteiger partial charge < -0.3 is 15.2 Å². The van der Waals surface area contributed by atoms with Crippen LogP contribution in [0.4, 0.5) is 11.4 Å². The summed E-state index contributed by atoms with van der Waals surface area (Å²) in [5, 5.41) is 9.48. The van der Waals surface area contributed by atoms with Crippen LogP contribution in [-0.4, -0.2) is 17.6 Å². The second-order valence-corrected chi connectivity index (χ2v) is 3.84. The van der Waals surface area contributed by atoms with Gasteiger partial charge in [-0.1, -0.05) is 24.2 Å². The van der Waals surface area contributed by atoms with E-state index in [9.17, 15) is 4.79 Å². The third kappa shape index (κ3) is 2.88. The van der Waals surface area contributed by atoms with E-state index in [2.05, 4.69) is 27.2 Å². The van der Waals surface area contributed by atoms with E-state index in [0.29, 0.717) is 11.3 Å². The third-order valence-corrected chi connectivity index (χ3v) is 2.43. The molecule has 0 saturated heterocycles. The largest absolute Gasteiger partial charge is 0.384 e. The average molecular weight is 245 g/mol. The van der Waals surface area contributed by atoms with Crippen LogP contribution in [0, 0.1) is 0 Å². The van der Waals surface area contributed by atoms with Crippen LogP contribution in [0.3, 0.4) is 0 Å². The van der Waals surface area contributed by atoms with Crippen LogP contribution >= 0.6 is 0 Å². The predicted octanol–water partition coefficient (Wildman–Crippen LogP) is 2.75. The fourth-order valence-corrected chi connectivity index (χ4v) is 1.56. The van der Waals surface area contributed by atoms with Gasteiger partial charge >= 0.3 is 0 Å². The van der Waals surface area contributed by atoms with Crippen LogP contribution in [-0.2, 0) is 0 Å². The van der Waals surface area contributed by atoms with Gasteiger partial charge in [0.15, 0.2) is 0 Å². The van der Waals surface area contributed by atoms with Gasteiger partial charge in [-0.25, -0.2) is 0 Å². The Balaban J connectivity index is 2.13. The van der Waals surface area contributed by atoms with Gasteiger partial charge in [-0.2, -0.15) is 0 Å². The number of anilines is 2. The monoisotopic (exact) mass is 245 g/mol. The summed E-state index contributed by atoms with van der Waals surface area (Å²) in [5.41, 5.74) is 1.98. The van der Waals surface area contributed by atoms with Crippen molar-refractivity contribution in [3.63, 3.8) is 0 Å². The van der Waals surface area contributed by atoms with Crippen molar-refractivity contribution in [2.45, 2.75) is 13.3 Å². The van der Waals surface area contributed by atoms with Crippen molar-refractivity contribution in [2.75, 3.05) is 17.2 Å². The molecule has 0 radical (unpaired) electrons. The topological polar surface area (TPSA) is 67.2 Å². The Bertz CT molecular complexity index is 509. The number of aromatic nitrogens is 1. The summed E-state index contributed by atoms with van der Waals surface area (Å²) in [5.74, 6) is -0.183. The molecule has 94 valence electrons. The lowest BCUT2D eigenvalue weighted by Gasteiger charge is -2.10. The Kier molecular flexibility index (Phi) is 3.96. The SMILES string of the molecule is CCCNc1ccccc1C(=O)Nc1cnoc1. The van der Waals surface area contributed by atoms with Crippen LogP contribution in [0.25, 0.3) is 0 Å². The molecule has 5 nitrogen and oxygen atoms in total. The van der Waals surface area contributed by atoms with Crippen molar-refractivity contribution in [3.8, 4) is 0 Å². The molecule has 2 N–H and O–H groups in total. The van der Waals surface area contributed by atoms with Crippen LogP contribution in [0.2, 0.25) is 0 Å². The fraction of sp³-hybridized carbons (Fsp3) is 0.231. The molecule has 18 heavy (non-hydrogen) atoms. The second-order valence-electron chi connectivity index (χ2n) is 3.84. The van der Waals surface area contributed by atoms with Crippen molar-refractivity contribution in [1.29, 1.82) is 0 Å². The molecule has 0 saturated carbocycles. The minimum absolute atomic E-state index is 0.183. The molecule has 5 heteroatoms. The highest BCUT2D eigenvalue weighted by Crippen LogP contribution is 2.17. The number of amides is 1. The minimum Gasteiger partial charge on any atom is -0.384 e. The van der Waals surface area contributed by atoms with Crippen molar-refractivity contribution < 1.29 is 9.32 Å². The molecule has 1 heterocycles. The summed E-state index contributed by atoms with van der Waals surface area (Å²) in [4.78, 5) is 12.1. The standard InChI is InChI=1S/C13H15N3O2/c1-2-7-14-12-6-4-3-5-11(12)13(17)16-10-8-15-18-9-10/h3-6,8-9,14H,2,7H2,1H3,(H,16,17). The summed E-state index contributed by atoms with van der Waals surface area (Å²) in [6.45, 7) is 2.91. The van der Waals surface area contributed by atoms with E-state index in [1.807, 2.05) is 18.2 Å². The lowest BCUT2D eigenvalue weighted by molar-refractivity contribution is 0.102. The zero-order valence-electron chi connectivity index (χ0n) is 10.1. The first-order chi connectivity index (χ1) is 8.81. The molecule has 0 bridgehead atoms. The Morgan fingerprint density at radius 1 is 1.39 bits per heavy atom. The molecule has 1 aromatic heterocycles. The Hall–Kier alpha value is -2.30. The lowest BCUT2D eigenvalue weighted by Crippen LogP contribution is -2.14. The van der Waals surface area contributed by atoms with E-state index in [-0.39, 0.29) is 5.91 Å². The number of nitrogens with one attached hydrogen (secondary N) is 2. The van der Waals surface area contributed by atoms with Crippen LogP contribution in [0.1, 0.15) is 23.7 Å². The van der Waals surface area contributed by atoms with Gasteiger partial charge in [0.05, 0.1) is 11.8 Å². The van der Waals surface area contributed by atoms with E-state index >= 15 is 0 Å².